The number of H-pyrrole nitrogens is 1. The van der Waals surface area contributed by atoms with Gasteiger partial charge in [0.15, 0.2) is 0 Å². The number of hydrogen-bond donors (Lipinski definition) is 3. The number of allylic oxidation sites excluding steroid dienone is 1. The van der Waals surface area contributed by atoms with Crippen molar-refractivity contribution in [2.24, 2.45) is 0 Å². The van der Waals surface area contributed by atoms with Gasteiger partial charge in [-0.3, -0.25) is 9.59 Å². The molecule has 1 unspecified atom stereocenters. The molecule has 6 heteroatoms. The second-order valence-electron chi connectivity index (χ2n) is 11.7. The van der Waals surface area contributed by atoms with E-state index < -0.39 is 12.1 Å². The first-order valence-corrected chi connectivity index (χ1v) is 13.4. The first kappa shape index (κ1) is 25.8. The van der Waals surface area contributed by atoms with E-state index in [9.17, 15) is 9.59 Å². The zero-order valence-electron chi connectivity index (χ0n) is 22.8. The summed E-state index contributed by atoms with van der Waals surface area (Å²) in [5.41, 5.74) is 4.92. The molecule has 0 radical (unpaired) electrons. The summed E-state index contributed by atoms with van der Waals surface area (Å²) in [5.74, 6) is -0.138. The quantitative estimate of drug-likeness (QED) is 0.368. The molecule has 0 aliphatic carbocycles. The number of carbonyl (C=O) groups is 2. The number of rotatable bonds is 8. The highest BCUT2D eigenvalue weighted by atomic mass is 16.2. The topological polar surface area (TPSA) is 77.2 Å². The van der Waals surface area contributed by atoms with Crippen molar-refractivity contribution in [1.29, 1.82) is 0 Å². The Morgan fingerprint density at radius 2 is 1.58 bits per heavy atom. The highest BCUT2D eigenvalue weighted by Gasteiger charge is 2.41. The second-order valence-corrected chi connectivity index (χ2v) is 11.7. The number of anilines is 1. The van der Waals surface area contributed by atoms with Gasteiger partial charge in [-0.1, -0.05) is 62.4 Å². The van der Waals surface area contributed by atoms with E-state index in [2.05, 4.69) is 79.6 Å². The van der Waals surface area contributed by atoms with Crippen LogP contribution in [0.1, 0.15) is 56.9 Å². The van der Waals surface area contributed by atoms with E-state index in [1.807, 2.05) is 42.5 Å². The minimum atomic E-state index is -0.635. The van der Waals surface area contributed by atoms with Gasteiger partial charge in [0, 0.05) is 46.6 Å². The highest BCUT2D eigenvalue weighted by molar-refractivity contribution is 5.98. The molecule has 5 rings (SSSR count). The van der Waals surface area contributed by atoms with Crippen molar-refractivity contribution < 1.29 is 9.59 Å². The molecule has 3 atom stereocenters. The molecule has 38 heavy (non-hydrogen) atoms. The molecule has 198 valence electrons. The molecule has 2 aliphatic rings. The molecule has 6 nitrogen and oxygen atoms in total. The first-order valence-electron chi connectivity index (χ1n) is 13.4. The van der Waals surface area contributed by atoms with E-state index in [0.717, 1.165) is 28.7 Å². The van der Waals surface area contributed by atoms with Gasteiger partial charge in [0.05, 0.1) is 5.54 Å². The molecule has 2 aliphatic heterocycles. The lowest BCUT2D eigenvalue weighted by atomic mass is 9.84. The molecule has 1 saturated heterocycles. The van der Waals surface area contributed by atoms with Gasteiger partial charge in [-0.25, -0.2) is 0 Å². The van der Waals surface area contributed by atoms with Gasteiger partial charge < -0.3 is 20.5 Å². The molecule has 1 aromatic heterocycles. The molecule has 0 saturated carbocycles. The van der Waals surface area contributed by atoms with Gasteiger partial charge in [0.1, 0.15) is 12.1 Å². The Labute approximate surface area is 225 Å². The molecule has 3 aromatic rings. The fourth-order valence-corrected chi connectivity index (χ4v) is 5.89. The predicted molar refractivity (Wildman–Crippen MR) is 155 cm³/mol. The Kier molecular flexibility index (Phi) is 6.46. The number of carbonyl (C=O) groups excluding carboxylic acids is 2. The Hall–Kier alpha value is -3.80. The van der Waals surface area contributed by atoms with Crippen LogP contribution in [0.25, 0.3) is 10.9 Å². The van der Waals surface area contributed by atoms with Gasteiger partial charge >= 0.3 is 0 Å². The van der Waals surface area contributed by atoms with E-state index in [4.69, 9.17) is 0 Å². The fraction of sp³-hybridized carbons (Fsp3) is 0.375. The molecule has 2 aromatic carbocycles. The maximum absolute atomic E-state index is 13.4. The number of piperazine rings is 1. The summed E-state index contributed by atoms with van der Waals surface area (Å²) in [6.45, 7) is 17.3. The van der Waals surface area contributed by atoms with Crippen LogP contribution in [0.4, 0.5) is 5.69 Å². The maximum Gasteiger partial charge on any atom is 0.243 e. The summed E-state index contributed by atoms with van der Waals surface area (Å²) < 4.78 is 0. The zero-order chi connectivity index (χ0) is 27.2. The van der Waals surface area contributed by atoms with Crippen LogP contribution in [0.2, 0.25) is 0 Å². The smallest absolute Gasteiger partial charge is 0.243 e. The van der Waals surface area contributed by atoms with Gasteiger partial charge in [0.25, 0.3) is 0 Å². The number of hydrogen-bond acceptors (Lipinski definition) is 3. The van der Waals surface area contributed by atoms with Crippen LogP contribution >= 0.6 is 0 Å². The number of para-hydroxylation sites is 2. The standard InChI is InChI=1S/C32H38N4O2/c1-7-31(3,4)28-23(22-14-9-11-15-24(22)33-28)18-26-30(38)34-25(29(37)35-26)17-20-19-36(32(5,6)8-2)27-16-12-10-13-21(20)27/h7-16,20,25-26,33H,1-2,17-19H2,3-6H3,(H,34,38)(H,35,37)/t20?,25-,26-/m0/s1. The SMILES string of the molecule is C=CC(C)(C)c1[nH]c2ccccc2c1C[C@@H]1NC(=O)[C@H](CC2CN(C(C)(C)C=C)c3ccccc32)NC1=O. The normalized spacial score (nSPS) is 21.7. The Morgan fingerprint density at radius 3 is 2.32 bits per heavy atom. The molecule has 3 heterocycles. The van der Waals surface area contributed by atoms with Crippen LogP contribution in [-0.2, 0) is 21.4 Å². The van der Waals surface area contributed by atoms with Crippen LogP contribution in [0.3, 0.4) is 0 Å². The Morgan fingerprint density at radius 1 is 0.921 bits per heavy atom. The average molecular weight is 511 g/mol. The summed E-state index contributed by atoms with van der Waals surface area (Å²) >= 11 is 0. The minimum Gasteiger partial charge on any atom is -0.362 e. The molecule has 0 bridgehead atoms. The number of fused-ring (bicyclic) bond motifs is 2. The van der Waals surface area contributed by atoms with Crippen LogP contribution in [-0.4, -0.2) is 41.0 Å². The van der Waals surface area contributed by atoms with Crippen molar-refractivity contribution in [3.8, 4) is 0 Å². The first-order chi connectivity index (χ1) is 18.1. The molecule has 0 spiro atoms. The fourth-order valence-electron chi connectivity index (χ4n) is 5.89. The third-order valence-electron chi connectivity index (χ3n) is 8.43. The zero-order valence-corrected chi connectivity index (χ0v) is 22.8. The van der Waals surface area contributed by atoms with Gasteiger partial charge in [-0.05, 0) is 43.5 Å². The number of nitrogens with one attached hydrogen (secondary N) is 3. The third-order valence-corrected chi connectivity index (χ3v) is 8.43. The summed E-state index contributed by atoms with van der Waals surface area (Å²) in [5, 5.41) is 7.16. The molecular formula is C32H38N4O2. The number of aromatic amines is 1. The van der Waals surface area contributed by atoms with E-state index in [0.29, 0.717) is 12.8 Å². The summed E-state index contributed by atoms with van der Waals surface area (Å²) in [7, 11) is 0. The van der Waals surface area contributed by atoms with Crippen molar-refractivity contribution in [3.63, 3.8) is 0 Å². The van der Waals surface area contributed by atoms with Crippen molar-refractivity contribution >= 4 is 28.4 Å². The maximum atomic E-state index is 13.4. The molecule has 3 N–H and O–H groups in total. The lowest BCUT2D eigenvalue weighted by Gasteiger charge is -2.36. The van der Waals surface area contributed by atoms with Crippen LogP contribution in [0.5, 0.6) is 0 Å². The third kappa shape index (κ3) is 4.42. The van der Waals surface area contributed by atoms with Crippen molar-refractivity contribution in [2.75, 3.05) is 11.4 Å². The van der Waals surface area contributed by atoms with Crippen LogP contribution in [0.15, 0.2) is 73.8 Å². The van der Waals surface area contributed by atoms with E-state index in [1.165, 1.54) is 11.3 Å². The number of aromatic nitrogens is 1. The number of nitrogens with zero attached hydrogens (tertiary/aromatic N) is 1. The van der Waals surface area contributed by atoms with Gasteiger partial charge in [-0.2, -0.15) is 0 Å². The van der Waals surface area contributed by atoms with Gasteiger partial charge in [-0.15, -0.1) is 13.2 Å². The minimum absolute atomic E-state index is 0.127. The van der Waals surface area contributed by atoms with Crippen molar-refractivity contribution in [2.45, 2.75) is 69.5 Å². The molecule has 2 amide bonds. The summed E-state index contributed by atoms with van der Waals surface area (Å²) in [6.07, 6.45) is 4.83. The van der Waals surface area contributed by atoms with Crippen molar-refractivity contribution in [3.05, 3.63) is 90.7 Å². The largest absolute Gasteiger partial charge is 0.362 e. The lowest BCUT2D eigenvalue weighted by Crippen LogP contribution is -2.62. The monoisotopic (exact) mass is 510 g/mol. The highest BCUT2D eigenvalue weighted by Crippen LogP contribution is 2.42. The van der Waals surface area contributed by atoms with Crippen LogP contribution < -0.4 is 15.5 Å². The Balaban J connectivity index is 1.35. The second kappa shape index (κ2) is 9.50. The van der Waals surface area contributed by atoms with Gasteiger partial charge in [0.2, 0.25) is 11.8 Å². The van der Waals surface area contributed by atoms with E-state index in [1.54, 1.807) is 0 Å². The summed E-state index contributed by atoms with van der Waals surface area (Å²) in [4.78, 5) is 32.6. The van der Waals surface area contributed by atoms with Crippen LogP contribution in [0, 0.1) is 0 Å². The Bertz CT molecular complexity index is 1420. The summed E-state index contributed by atoms with van der Waals surface area (Å²) in [6, 6.07) is 15.2. The van der Waals surface area contributed by atoms with E-state index >= 15 is 0 Å². The van der Waals surface area contributed by atoms with Crippen molar-refractivity contribution in [1.82, 2.24) is 15.6 Å². The predicted octanol–water partition coefficient (Wildman–Crippen LogP) is 5.12. The molecule has 1 fully saturated rings. The van der Waals surface area contributed by atoms with E-state index in [-0.39, 0.29) is 28.7 Å². The molecular weight excluding hydrogens is 472 g/mol. The number of benzene rings is 2. The number of amides is 2. The average Bonchev–Trinajstić information content (AvgIpc) is 3.47. The lowest BCUT2D eigenvalue weighted by molar-refractivity contribution is -0.137.